The van der Waals surface area contributed by atoms with Crippen LogP contribution < -0.4 is 11.1 Å². The van der Waals surface area contributed by atoms with Crippen LogP contribution >= 0.6 is 0 Å². The molecule has 2 unspecified atom stereocenters. The zero-order chi connectivity index (χ0) is 45.2. The number of nitrogens with two attached hydrogens (primary N) is 1. The van der Waals surface area contributed by atoms with Crippen LogP contribution in [0.3, 0.4) is 0 Å². The molecule has 3 heterocycles. The van der Waals surface area contributed by atoms with Crippen molar-refractivity contribution >= 4 is 23.9 Å². The van der Waals surface area contributed by atoms with Crippen molar-refractivity contribution in [1.82, 2.24) is 30.1 Å². The van der Waals surface area contributed by atoms with Gasteiger partial charge in [0.15, 0.2) is 12.1 Å². The number of carbonyl (C=O) groups excluding carboxylic acids is 3. The SMILES string of the molecule is C=CC[C@H]1C(=O)O[C@H](CC)[C@@](C)(O)[C@H](N(C=O)CCCCn2cc(-c3cccc(N)c3)nn2)[C@@H](C)NC[C@H](C)C[C@@](C)(OC)[C@H](O[C@@H]2O[C@H](C)CC(N(C)C)C2O)[C@@H](C)C1=O. The first-order valence-corrected chi connectivity index (χ1v) is 21.8. The Bertz CT molecular complexity index is 1740. The molecule has 2 aliphatic rings. The number of unbranched alkanes of at least 4 members (excludes halogenated alkanes) is 1. The summed E-state index contributed by atoms with van der Waals surface area (Å²) in [5, 5.41) is 36.2. The molecular weight excluding hydrogens is 783 g/mol. The topological polar surface area (TPSA) is 204 Å². The molecule has 342 valence electrons. The van der Waals surface area contributed by atoms with Gasteiger partial charge in [0, 0.05) is 49.5 Å². The van der Waals surface area contributed by atoms with E-state index in [-0.39, 0.29) is 30.9 Å². The van der Waals surface area contributed by atoms with Crippen LogP contribution in [0.1, 0.15) is 87.0 Å². The molecule has 1 aromatic heterocycles. The van der Waals surface area contributed by atoms with Gasteiger partial charge in [-0.1, -0.05) is 44.2 Å². The molecular formula is C45H73N7O9. The van der Waals surface area contributed by atoms with E-state index in [1.54, 1.807) is 37.5 Å². The number of nitrogen functional groups attached to an aromatic ring is 1. The molecule has 16 nitrogen and oxygen atoms in total. The summed E-state index contributed by atoms with van der Waals surface area (Å²) in [6.45, 7) is 17.9. The number of rotatable bonds is 15. The summed E-state index contributed by atoms with van der Waals surface area (Å²) < 4.78 is 27.0. The number of aryl methyl sites for hydroxylation is 1. The molecule has 2 saturated heterocycles. The molecule has 5 N–H and O–H groups in total. The normalized spacial score (nSPS) is 34.6. The molecule has 0 spiro atoms. The average Bonchev–Trinajstić information content (AvgIpc) is 3.70. The first kappa shape index (κ1) is 49.9. The number of ether oxygens (including phenoxy) is 4. The highest BCUT2D eigenvalue weighted by atomic mass is 16.7. The van der Waals surface area contributed by atoms with Crippen LogP contribution in [0.15, 0.2) is 43.1 Å². The quantitative estimate of drug-likeness (QED) is 0.0503. The number of nitrogens with zero attached hydrogens (tertiary/aromatic N) is 5. The van der Waals surface area contributed by atoms with E-state index in [9.17, 15) is 24.6 Å². The van der Waals surface area contributed by atoms with Gasteiger partial charge in [-0.3, -0.25) is 19.1 Å². The lowest BCUT2D eigenvalue weighted by molar-refractivity contribution is -0.295. The van der Waals surface area contributed by atoms with Gasteiger partial charge in [-0.25, -0.2) is 0 Å². The third-order valence-electron chi connectivity index (χ3n) is 12.7. The van der Waals surface area contributed by atoms with Crippen molar-refractivity contribution in [2.75, 3.05) is 40.0 Å². The Morgan fingerprint density at radius 2 is 1.89 bits per heavy atom. The fourth-order valence-corrected chi connectivity index (χ4v) is 9.35. The number of aromatic nitrogens is 3. The molecule has 4 rings (SSSR count). The zero-order valence-corrected chi connectivity index (χ0v) is 38.0. The van der Waals surface area contributed by atoms with Crippen LogP contribution in [0.4, 0.5) is 5.69 Å². The number of carbonyl (C=O) groups is 3. The fourth-order valence-electron chi connectivity index (χ4n) is 9.35. The maximum atomic E-state index is 14.7. The number of Topliss-reactive ketones (excluding diaryl/α,β-unsaturated/α-hetero) is 1. The maximum Gasteiger partial charge on any atom is 0.317 e. The largest absolute Gasteiger partial charge is 0.459 e. The molecule has 0 bridgehead atoms. The predicted octanol–water partition coefficient (Wildman–Crippen LogP) is 3.84. The third-order valence-corrected chi connectivity index (χ3v) is 12.7. The number of esters is 1. The van der Waals surface area contributed by atoms with Crippen LogP contribution in [-0.2, 0) is 39.9 Å². The summed E-state index contributed by atoms with van der Waals surface area (Å²) in [4.78, 5) is 45.4. The van der Waals surface area contributed by atoms with E-state index in [1.807, 2.05) is 77.2 Å². The smallest absolute Gasteiger partial charge is 0.317 e. The van der Waals surface area contributed by atoms with Crippen LogP contribution in [0.5, 0.6) is 0 Å². The Morgan fingerprint density at radius 3 is 2.51 bits per heavy atom. The van der Waals surface area contributed by atoms with Gasteiger partial charge in [-0.05, 0) is 105 Å². The lowest BCUT2D eigenvalue weighted by Gasteiger charge is -2.47. The summed E-state index contributed by atoms with van der Waals surface area (Å²) in [5.74, 6) is -3.58. The number of nitrogens with one attached hydrogen (secondary N) is 1. The predicted molar refractivity (Wildman–Crippen MR) is 233 cm³/mol. The van der Waals surface area contributed by atoms with Crippen LogP contribution in [-0.4, -0.2) is 147 Å². The Balaban J connectivity index is 1.64. The van der Waals surface area contributed by atoms with E-state index in [4.69, 9.17) is 24.7 Å². The van der Waals surface area contributed by atoms with E-state index >= 15 is 0 Å². The van der Waals surface area contributed by atoms with Gasteiger partial charge in [0.05, 0.1) is 30.0 Å². The standard InChI is InChI=1S/C45H73N7O9/c1-12-17-34-38(54)30(5)41(61-43-39(55)36(50(9)10)22-29(4)59-43)44(7,58-11)24-28(3)25-47-31(6)40(45(8,57)37(13-2)60-42(34)56)51(27-53)20-14-15-21-52-26-35(48-49-52)32-18-16-19-33(46)23-32/h12,16,18-19,23,26-31,34,36-37,39-41,43,47,55,57H,1,13-15,17,20-22,24-25,46H2,2-11H3/t28-,29-,30+,31-,34-,36?,37-,39?,40-,41-,43+,44-,45-/m1/s1. The molecule has 1 amide bonds. The number of allylic oxidation sites excluding steroid dienone is 1. The van der Waals surface area contributed by atoms with Crippen LogP contribution in [0, 0.1) is 17.8 Å². The van der Waals surface area contributed by atoms with Crippen molar-refractivity contribution in [3.05, 3.63) is 43.1 Å². The summed E-state index contributed by atoms with van der Waals surface area (Å²) in [6.07, 6.45) is 2.07. The molecule has 2 aromatic rings. The number of hydrogen-bond donors (Lipinski definition) is 4. The van der Waals surface area contributed by atoms with Gasteiger partial charge >= 0.3 is 5.97 Å². The zero-order valence-electron chi connectivity index (χ0n) is 38.0. The Hall–Kier alpha value is -3.77. The second kappa shape index (κ2) is 22.0. The summed E-state index contributed by atoms with van der Waals surface area (Å²) in [5.41, 5.74) is 5.29. The second-order valence-electron chi connectivity index (χ2n) is 18.0. The van der Waals surface area contributed by atoms with Crippen molar-refractivity contribution in [2.45, 2.75) is 154 Å². The summed E-state index contributed by atoms with van der Waals surface area (Å²) in [6, 6.07) is 5.83. The van der Waals surface area contributed by atoms with Crippen molar-refractivity contribution in [3.8, 4) is 11.3 Å². The minimum absolute atomic E-state index is 0.0236. The third kappa shape index (κ3) is 12.2. The summed E-state index contributed by atoms with van der Waals surface area (Å²) >= 11 is 0. The van der Waals surface area contributed by atoms with E-state index in [0.29, 0.717) is 56.7 Å². The van der Waals surface area contributed by atoms with Crippen LogP contribution in [0.2, 0.25) is 0 Å². The molecule has 0 saturated carbocycles. The molecule has 2 aliphatic heterocycles. The monoisotopic (exact) mass is 856 g/mol. The van der Waals surface area contributed by atoms with Gasteiger partial charge in [0.1, 0.15) is 29.4 Å². The van der Waals surface area contributed by atoms with Crippen LogP contribution in [0.25, 0.3) is 11.3 Å². The lowest BCUT2D eigenvalue weighted by atomic mass is 9.77. The Kier molecular flexibility index (Phi) is 18.0. The first-order valence-electron chi connectivity index (χ1n) is 21.8. The van der Waals surface area contributed by atoms with Crippen molar-refractivity contribution < 1.29 is 43.5 Å². The van der Waals surface area contributed by atoms with Gasteiger partial charge in [-0.15, -0.1) is 11.7 Å². The minimum Gasteiger partial charge on any atom is -0.459 e. The van der Waals surface area contributed by atoms with E-state index in [1.165, 1.54) is 6.08 Å². The lowest BCUT2D eigenvalue weighted by Crippen LogP contribution is -2.65. The van der Waals surface area contributed by atoms with Crippen molar-refractivity contribution in [3.63, 3.8) is 0 Å². The van der Waals surface area contributed by atoms with Gasteiger partial charge < -0.3 is 50.0 Å². The highest BCUT2D eigenvalue weighted by Gasteiger charge is 2.51. The molecule has 61 heavy (non-hydrogen) atoms. The highest BCUT2D eigenvalue weighted by molar-refractivity contribution is 6.00. The number of methoxy groups -OCH3 is 1. The minimum atomic E-state index is -1.76. The highest BCUT2D eigenvalue weighted by Crippen LogP contribution is 2.37. The molecule has 2 fully saturated rings. The average molecular weight is 856 g/mol. The maximum absolute atomic E-state index is 14.7. The van der Waals surface area contributed by atoms with Gasteiger partial charge in [0.2, 0.25) is 6.41 Å². The van der Waals surface area contributed by atoms with E-state index in [2.05, 4.69) is 22.2 Å². The number of cyclic esters (lactones) is 1. The Morgan fingerprint density at radius 1 is 1.16 bits per heavy atom. The molecule has 0 radical (unpaired) electrons. The number of anilines is 1. The number of amides is 1. The summed E-state index contributed by atoms with van der Waals surface area (Å²) in [7, 11) is 5.34. The number of hydrogen-bond acceptors (Lipinski definition) is 14. The number of ketones is 1. The Labute approximate surface area is 362 Å². The van der Waals surface area contributed by atoms with Crippen molar-refractivity contribution in [2.24, 2.45) is 17.8 Å². The fraction of sp³-hybridized carbons (Fsp3) is 0.711. The second-order valence-corrected chi connectivity index (χ2v) is 18.0. The van der Waals surface area contributed by atoms with Gasteiger partial charge in [0.25, 0.3) is 0 Å². The number of aliphatic hydroxyl groups excluding tert-OH is 1. The molecule has 13 atom stereocenters. The number of benzene rings is 1. The van der Waals surface area contributed by atoms with E-state index in [0.717, 1.165) is 12.0 Å². The molecule has 0 aliphatic carbocycles. The number of aliphatic hydroxyl groups is 2. The van der Waals surface area contributed by atoms with E-state index < -0.39 is 71.5 Å². The number of likely N-dealkylation sites (N-methyl/N-ethyl adjacent to an activating group) is 1. The van der Waals surface area contributed by atoms with Crippen molar-refractivity contribution in [1.29, 1.82) is 0 Å². The molecule has 1 aromatic carbocycles. The molecule has 16 heteroatoms. The first-order chi connectivity index (χ1) is 28.8. The van der Waals surface area contributed by atoms with Gasteiger partial charge in [-0.2, -0.15) is 0 Å².